The van der Waals surface area contributed by atoms with Gasteiger partial charge in [-0.15, -0.1) is 0 Å². The highest BCUT2D eigenvalue weighted by molar-refractivity contribution is 5.94. The lowest BCUT2D eigenvalue weighted by Crippen LogP contribution is -2.46. The van der Waals surface area contributed by atoms with Gasteiger partial charge in [-0.3, -0.25) is 9.78 Å². The summed E-state index contributed by atoms with van der Waals surface area (Å²) in [4.78, 5) is 18.8. The number of carbonyl (C=O) groups is 1. The number of ether oxygens (including phenoxy) is 1. The SMILES string of the molecule is COc1ccc(C(NC2CCN(C(=O)c3ccccc3)CC2)c2ccncc2)cc1. The molecule has 0 aliphatic carbocycles. The van der Waals surface area contributed by atoms with Crippen LogP contribution in [-0.2, 0) is 0 Å². The first-order chi connectivity index (χ1) is 14.7. The number of rotatable bonds is 6. The molecule has 5 nitrogen and oxygen atoms in total. The Morgan fingerprint density at radius 2 is 1.60 bits per heavy atom. The molecule has 30 heavy (non-hydrogen) atoms. The quantitative estimate of drug-likeness (QED) is 0.676. The van der Waals surface area contributed by atoms with Crippen molar-refractivity contribution in [3.8, 4) is 5.75 Å². The number of benzene rings is 2. The van der Waals surface area contributed by atoms with Gasteiger partial charge >= 0.3 is 0 Å². The monoisotopic (exact) mass is 401 g/mol. The normalized spacial score (nSPS) is 15.6. The number of likely N-dealkylation sites (tertiary alicyclic amines) is 1. The van der Waals surface area contributed by atoms with Crippen LogP contribution < -0.4 is 10.1 Å². The highest BCUT2D eigenvalue weighted by Gasteiger charge is 2.26. The zero-order valence-electron chi connectivity index (χ0n) is 17.2. The van der Waals surface area contributed by atoms with Gasteiger partial charge in [-0.05, 0) is 60.4 Å². The first-order valence-corrected chi connectivity index (χ1v) is 10.4. The molecule has 5 heteroatoms. The van der Waals surface area contributed by atoms with E-state index in [9.17, 15) is 4.79 Å². The van der Waals surface area contributed by atoms with Gasteiger partial charge in [0.1, 0.15) is 5.75 Å². The minimum absolute atomic E-state index is 0.0697. The molecule has 2 heterocycles. The van der Waals surface area contributed by atoms with Crippen molar-refractivity contribution < 1.29 is 9.53 Å². The Bertz CT molecular complexity index is 937. The fraction of sp³-hybridized carbons (Fsp3) is 0.280. The van der Waals surface area contributed by atoms with Crippen LogP contribution in [0, 0.1) is 0 Å². The Balaban J connectivity index is 1.44. The third-order valence-corrected chi connectivity index (χ3v) is 5.69. The second-order valence-electron chi connectivity index (χ2n) is 7.59. The highest BCUT2D eigenvalue weighted by Crippen LogP contribution is 2.26. The van der Waals surface area contributed by atoms with Crippen molar-refractivity contribution in [3.05, 3.63) is 95.8 Å². The zero-order chi connectivity index (χ0) is 20.8. The molecule has 0 radical (unpaired) electrons. The molecule has 1 saturated heterocycles. The Labute approximate surface area is 177 Å². The maximum Gasteiger partial charge on any atom is 0.253 e. The molecule has 1 fully saturated rings. The van der Waals surface area contributed by atoms with Crippen molar-refractivity contribution in [2.24, 2.45) is 0 Å². The third kappa shape index (κ3) is 4.69. The van der Waals surface area contributed by atoms with Gasteiger partial charge in [-0.25, -0.2) is 0 Å². The maximum atomic E-state index is 12.7. The molecule has 0 bridgehead atoms. The van der Waals surface area contributed by atoms with E-state index in [2.05, 4.69) is 34.6 Å². The van der Waals surface area contributed by atoms with Gasteiger partial charge in [0.2, 0.25) is 0 Å². The molecule has 1 aliphatic heterocycles. The fourth-order valence-electron chi connectivity index (χ4n) is 3.99. The number of aromatic nitrogens is 1. The molecule has 1 amide bonds. The number of piperidine rings is 1. The molecule has 154 valence electrons. The Hall–Kier alpha value is -3.18. The van der Waals surface area contributed by atoms with E-state index in [1.54, 1.807) is 7.11 Å². The van der Waals surface area contributed by atoms with Crippen LogP contribution in [0.25, 0.3) is 0 Å². The summed E-state index contributed by atoms with van der Waals surface area (Å²) in [6, 6.07) is 22.2. The van der Waals surface area contributed by atoms with E-state index in [-0.39, 0.29) is 11.9 Å². The van der Waals surface area contributed by atoms with E-state index in [0.717, 1.165) is 37.2 Å². The average molecular weight is 402 g/mol. The van der Waals surface area contributed by atoms with Gasteiger partial charge in [0.05, 0.1) is 13.2 Å². The van der Waals surface area contributed by atoms with E-state index in [1.165, 1.54) is 11.1 Å². The molecular weight excluding hydrogens is 374 g/mol. The molecule has 0 spiro atoms. The smallest absolute Gasteiger partial charge is 0.253 e. The van der Waals surface area contributed by atoms with E-state index >= 15 is 0 Å². The summed E-state index contributed by atoms with van der Waals surface area (Å²) in [5, 5.41) is 3.82. The highest BCUT2D eigenvalue weighted by atomic mass is 16.5. The summed E-state index contributed by atoms with van der Waals surface area (Å²) in [5.74, 6) is 0.967. The van der Waals surface area contributed by atoms with Crippen molar-refractivity contribution in [3.63, 3.8) is 0 Å². The number of nitrogens with zero attached hydrogens (tertiary/aromatic N) is 2. The van der Waals surface area contributed by atoms with E-state index in [1.807, 2.05) is 59.8 Å². The van der Waals surface area contributed by atoms with Gasteiger partial charge in [-0.1, -0.05) is 30.3 Å². The number of amides is 1. The summed E-state index contributed by atoms with van der Waals surface area (Å²) in [6.45, 7) is 1.52. The predicted molar refractivity (Wildman–Crippen MR) is 118 cm³/mol. The van der Waals surface area contributed by atoms with Crippen LogP contribution in [0.1, 0.15) is 40.4 Å². The third-order valence-electron chi connectivity index (χ3n) is 5.69. The molecule has 4 rings (SSSR count). The minimum atomic E-state index is 0.0697. The van der Waals surface area contributed by atoms with Crippen LogP contribution in [0.2, 0.25) is 0 Å². The molecule has 1 aliphatic rings. The van der Waals surface area contributed by atoms with Crippen LogP contribution in [0.5, 0.6) is 5.75 Å². The standard InChI is InChI=1S/C25H27N3O2/c1-30-23-9-7-19(8-10-23)24(20-11-15-26-16-12-20)27-22-13-17-28(18-14-22)25(29)21-5-3-2-4-6-21/h2-12,15-16,22,24,27H,13-14,17-18H2,1H3. The van der Waals surface area contributed by atoms with Gasteiger partial charge in [0.25, 0.3) is 5.91 Å². The van der Waals surface area contributed by atoms with Crippen LogP contribution >= 0.6 is 0 Å². The number of pyridine rings is 1. The van der Waals surface area contributed by atoms with Crippen LogP contribution in [0.4, 0.5) is 0 Å². The predicted octanol–water partition coefficient (Wildman–Crippen LogP) is 4.07. The first kappa shape index (κ1) is 20.1. The summed E-state index contributed by atoms with van der Waals surface area (Å²) in [6.07, 6.45) is 5.51. The van der Waals surface area contributed by atoms with Gasteiger partial charge in [0, 0.05) is 37.1 Å². The summed E-state index contributed by atoms with van der Waals surface area (Å²) in [5.41, 5.74) is 3.12. The van der Waals surface area contributed by atoms with Crippen LogP contribution in [0.15, 0.2) is 79.1 Å². The number of hydrogen-bond acceptors (Lipinski definition) is 4. The Kier molecular flexibility index (Phi) is 6.40. The molecule has 3 aromatic rings. The summed E-state index contributed by atoms with van der Waals surface area (Å²) >= 11 is 0. The molecule has 0 saturated carbocycles. The molecular formula is C25H27N3O2. The number of hydrogen-bond donors (Lipinski definition) is 1. The average Bonchev–Trinajstić information content (AvgIpc) is 2.84. The first-order valence-electron chi connectivity index (χ1n) is 10.4. The van der Waals surface area contributed by atoms with Crippen molar-refractivity contribution in [2.45, 2.75) is 24.9 Å². The molecule has 1 unspecified atom stereocenters. The Morgan fingerprint density at radius 1 is 0.967 bits per heavy atom. The topological polar surface area (TPSA) is 54.5 Å². The lowest BCUT2D eigenvalue weighted by atomic mass is 9.96. The van der Waals surface area contributed by atoms with Crippen molar-refractivity contribution in [1.82, 2.24) is 15.2 Å². The molecule has 1 atom stereocenters. The molecule has 1 N–H and O–H groups in total. The van der Waals surface area contributed by atoms with Crippen LogP contribution in [0.3, 0.4) is 0 Å². The van der Waals surface area contributed by atoms with Gasteiger partial charge < -0.3 is 15.0 Å². The van der Waals surface area contributed by atoms with Gasteiger partial charge in [-0.2, -0.15) is 0 Å². The zero-order valence-corrected chi connectivity index (χ0v) is 17.2. The fourth-order valence-corrected chi connectivity index (χ4v) is 3.99. The molecule has 1 aromatic heterocycles. The van der Waals surface area contributed by atoms with Crippen LogP contribution in [-0.4, -0.2) is 42.0 Å². The number of nitrogens with one attached hydrogen (secondary N) is 1. The second-order valence-corrected chi connectivity index (χ2v) is 7.59. The largest absolute Gasteiger partial charge is 0.497 e. The summed E-state index contributed by atoms with van der Waals surface area (Å²) in [7, 11) is 1.68. The second kappa shape index (κ2) is 9.55. The van der Waals surface area contributed by atoms with E-state index < -0.39 is 0 Å². The van der Waals surface area contributed by atoms with Crippen molar-refractivity contribution in [2.75, 3.05) is 20.2 Å². The number of methoxy groups -OCH3 is 1. The summed E-state index contributed by atoms with van der Waals surface area (Å²) < 4.78 is 5.31. The minimum Gasteiger partial charge on any atom is -0.497 e. The molecule has 2 aromatic carbocycles. The van der Waals surface area contributed by atoms with E-state index in [4.69, 9.17) is 4.74 Å². The Morgan fingerprint density at radius 3 is 2.23 bits per heavy atom. The number of carbonyl (C=O) groups excluding carboxylic acids is 1. The van der Waals surface area contributed by atoms with Gasteiger partial charge in [0.15, 0.2) is 0 Å². The van der Waals surface area contributed by atoms with Crippen molar-refractivity contribution >= 4 is 5.91 Å². The van der Waals surface area contributed by atoms with E-state index in [0.29, 0.717) is 6.04 Å². The lowest BCUT2D eigenvalue weighted by Gasteiger charge is -2.35. The van der Waals surface area contributed by atoms with Crippen molar-refractivity contribution in [1.29, 1.82) is 0 Å². The maximum absolute atomic E-state index is 12.7. The lowest BCUT2D eigenvalue weighted by molar-refractivity contribution is 0.0703.